The van der Waals surface area contributed by atoms with Crippen molar-refractivity contribution in [3.63, 3.8) is 0 Å². The van der Waals surface area contributed by atoms with E-state index >= 15 is 0 Å². The van der Waals surface area contributed by atoms with Crippen LogP contribution in [0.1, 0.15) is 402 Å². The Bertz CT molecular complexity index is 1920. The summed E-state index contributed by atoms with van der Waals surface area (Å²) in [4.78, 5) is 72.9. The number of aliphatic hydroxyl groups excluding tert-OH is 1. The first-order chi connectivity index (χ1) is 47.2. The summed E-state index contributed by atoms with van der Waals surface area (Å²) in [5.74, 6) is 1.00. The number of phosphoric ester groups is 2. The Morgan fingerprint density at radius 1 is 0.286 bits per heavy atom. The second kappa shape index (κ2) is 68.2. The molecule has 17 nitrogen and oxygen atoms in total. The highest BCUT2D eigenvalue weighted by atomic mass is 31.2. The van der Waals surface area contributed by atoms with Crippen molar-refractivity contribution in [2.45, 2.75) is 420 Å². The van der Waals surface area contributed by atoms with Crippen LogP contribution >= 0.6 is 15.6 Å². The molecule has 3 N–H and O–H groups in total. The van der Waals surface area contributed by atoms with E-state index in [2.05, 4.69) is 55.4 Å². The molecule has 5 unspecified atom stereocenters. The third-order valence-corrected chi connectivity index (χ3v) is 20.9. The quantitative estimate of drug-likeness (QED) is 0.0222. The van der Waals surface area contributed by atoms with Crippen molar-refractivity contribution >= 4 is 39.5 Å². The summed E-state index contributed by atoms with van der Waals surface area (Å²) < 4.78 is 68.6. The van der Waals surface area contributed by atoms with Crippen LogP contribution < -0.4 is 0 Å². The number of carbonyl (C=O) groups excluding carboxylic acids is 4. The number of esters is 4. The maximum atomic E-state index is 13.1. The SMILES string of the molecule is CCC(C)CCCCCCCCCCCCCCCCCCCCC(=O)O[C@H](COC(=O)CCCCCCCCCC(C)C)COP(=O)(O)OCC(O)COP(=O)(O)OC[C@@H](COC(=O)CCCCCCCCCCCC(C)C)OC(=O)CCCCCCCCCCCCC(C)CC. The van der Waals surface area contributed by atoms with Gasteiger partial charge >= 0.3 is 39.5 Å². The molecule has 7 atom stereocenters. The molecule has 0 saturated carbocycles. The minimum Gasteiger partial charge on any atom is -0.462 e. The van der Waals surface area contributed by atoms with E-state index < -0.39 is 97.5 Å². The van der Waals surface area contributed by atoms with Crippen LogP contribution in [0.15, 0.2) is 0 Å². The van der Waals surface area contributed by atoms with Gasteiger partial charge in [0.15, 0.2) is 12.2 Å². The molecule has 0 aliphatic rings. The Morgan fingerprint density at radius 3 is 0.724 bits per heavy atom. The Kier molecular flexibility index (Phi) is 66.8. The highest BCUT2D eigenvalue weighted by molar-refractivity contribution is 7.47. The van der Waals surface area contributed by atoms with E-state index in [1.54, 1.807) is 0 Å². The van der Waals surface area contributed by atoms with Gasteiger partial charge in [0.25, 0.3) is 0 Å². The average molecular weight is 1440 g/mol. The molecule has 0 aromatic carbocycles. The molecule has 0 aromatic heterocycles. The van der Waals surface area contributed by atoms with E-state index in [4.69, 9.17) is 37.0 Å². The molecule has 0 aromatic rings. The van der Waals surface area contributed by atoms with Gasteiger partial charge in [-0.1, -0.05) is 351 Å². The average Bonchev–Trinajstić information content (AvgIpc) is 1.05. The molecular formula is C79H154O17P2. The molecule has 19 heteroatoms. The summed E-state index contributed by atoms with van der Waals surface area (Å²) in [6.45, 7) is 14.2. The lowest BCUT2D eigenvalue weighted by Gasteiger charge is -2.21. The summed E-state index contributed by atoms with van der Waals surface area (Å²) in [7, 11) is -9.92. The first kappa shape index (κ1) is 96.1. The summed E-state index contributed by atoms with van der Waals surface area (Å²) >= 11 is 0. The lowest BCUT2D eigenvalue weighted by atomic mass is 9.99. The van der Waals surface area contributed by atoms with E-state index in [-0.39, 0.29) is 25.7 Å². The van der Waals surface area contributed by atoms with Crippen LogP contribution in [-0.2, 0) is 65.4 Å². The van der Waals surface area contributed by atoms with Crippen molar-refractivity contribution in [3.8, 4) is 0 Å². The Balaban J connectivity index is 5.19. The minimum atomic E-state index is -4.96. The summed E-state index contributed by atoms with van der Waals surface area (Å²) in [6.07, 6.45) is 54.2. The van der Waals surface area contributed by atoms with E-state index in [1.807, 2.05) is 0 Å². The van der Waals surface area contributed by atoms with Gasteiger partial charge < -0.3 is 33.8 Å². The van der Waals surface area contributed by atoms with Crippen LogP contribution in [0, 0.1) is 23.7 Å². The number of rotatable bonds is 76. The van der Waals surface area contributed by atoms with Crippen molar-refractivity contribution in [1.82, 2.24) is 0 Å². The topological polar surface area (TPSA) is 237 Å². The minimum absolute atomic E-state index is 0.105. The molecule has 0 bridgehead atoms. The predicted octanol–water partition coefficient (Wildman–Crippen LogP) is 23.2. The van der Waals surface area contributed by atoms with Gasteiger partial charge in [0.2, 0.25) is 0 Å². The van der Waals surface area contributed by atoms with Gasteiger partial charge in [-0.25, -0.2) is 9.13 Å². The van der Waals surface area contributed by atoms with Crippen molar-refractivity contribution in [2.75, 3.05) is 39.6 Å². The molecule has 98 heavy (non-hydrogen) atoms. The maximum Gasteiger partial charge on any atom is 0.472 e. The predicted molar refractivity (Wildman–Crippen MR) is 400 cm³/mol. The molecular weight excluding hydrogens is 1280 g/mol. The van der Waals surface area contributed by atoms with Crippen LogP contribution in [0.5, 0.6) is 0 Å². The van der Waals surface area contributed by atoms with Crippen molar-refractivity contribution in [1.29, 1.82) is 0 Å². The van der Waals surface area contributed by atoms with Crippen LogP contribution in [0.4, 0.5) is 0 Å². The molecule has 0 amide bonds. The molecule has 0 aliphatic heterocycles. The summed E-state index contributed by atoms with van der Waals surface area (Å²) in [5.41, 5.74) is 0. The van der Waals surface area contributed by atoms with Gasteiger partial charge in [0.05, 0.1) is 26.4 Å². The van der Waals surface area contributed by atoms with Crippen molar-refractivity contribution in [2.24, 2.45) is 23.7 Å². The number of hydrogen-bond donors (Lipinski definition) is 3. The molecule has 0 spiro atoms. The normalized spacial score (nSPS) is 14.6. The molecule has 0 heterocycles. The van der Waals surface area contributed by atoms with Gasteiger partial charge in [-0.05, 0) is 49.4 Å². The van der Waals surface area contributed by atoms with Gasteiger partial charge in [-0.3, -0.25) is 37.3 Å². The third-order valence-electron chi connectivity index (χ3n) is 19.0. The molecule has 0 saturated heterocycles. The lowest BCUT2D eigenvalue weighted by molar-refractivity contribution is -0.161. The maximum absolute atomic E-state index is 13.1. The fourth-order valence-corrected chi connectivity index (χ4v) is 13.6. The van der Waals surface area contributed by atoms with Gasteiger partial charge in [0.1, 0.15) is 19.3 Å². The molecule has 582 valence electrons. The van der Waals surface area contributed by atoms with Crippen LogP contribution in [0.2, 0.25) is 0 Å². The number of hydrogen-bond acceptors (Lipinski definition) is 15. The van der Waals surface area contributed by atoms with E-state index in [0.717, 1.165) is 114 Å². The highest BCUT2D eigenvalue weighted by Gasteiger charge is 2.30. The first-order valence-electron chi connectivity index (χ1n) is 40.8. The van der Waals surface area contributed by atoms with Crippen molar-refractivity contribution in [3.05, 3.63) is 0 Å². The molecule has 0 fully saturated rings. The molecule has 0 radical (unpaired) electrons. The van der Waals surface area contributed by atoms with E-state index in [1.165, 1.54) is 199 Å². The summed E-state index contributed by atoms with van der Waals surface area (Å²) in [6, 6.07) is 0. The Morgan fingerprint density at radius 2 is 0.490 bits per heavy atom. The largest absolute Gasteiger partial charge is 0.472 e. The number of ether oxygens (including phenoxy) is 4. The Hall–Kier alpha value is -1.94. The number of carbonyl (C=O) groups is 4. The standard InChI is InChI=1S/C79H154O17P2/c1-9-71(7)57-49-41-33-25-19-17-15-13-11-12-14-16-18-20-27-36-45-53-61-78(83)96-75(66-90-77(82)60-52-44-38-30-32-40-48-56-70(5)6)68-94-98(87,88)92-64-73(80)63-91-97(85,86)93-67-74(65-89-76(81)59-51-43-35-29-23-24-31-39-47-55-69(3)4)95-79(84)62-54-46-37-28-22-21-26-34-42-50-58-72(8)10-2/h69-75,80H,9-68H2,1-8H3,(H,85,86)(H,87,88)/t71?,72?,73?,74-,75-/m1/s1. The van der Waals surface area contributed by atoms with Crippen LogP contribution in [0.25, 0.3) is 0 Å². The Labute approximate surface area is 600 Å². The smallest absolute Gasteiger partial charge is 0.462 e. The van der Waals surface area contributed by atoms with E-state index in [0.29, 0.717) is 31.6 Å². The second-order valence-corrected chi connectivity index (χ2v) is 32.8. The van der Waals surface area contributed by atoms with E-state index in [9.17, 15) is 43.2 Å². The van der Waals surface area contributed by atoms with Gasteiger partial charge in [-0.2, -0.15) is 0 Å². The van der Waals surface area contributed by atoms with Crippen molar-refractivity contribution < 1.29 is 80.2 Å². The third kappa shape index (κ3) is 69.8. The number of unbranched alkanes of at least 4 members (excludes halogenated alkanes) is 40. The number of phosphoric acid groups is 2. The van der Waals surface area contributed by atoms with Crippen LogP contribution in [0.3, 0.4) is 0 Å². The number of aliphatic hydroxyl groups is 1. The molecule has 0 aliphatic carbocycles. The summed E-state index contributed by atoms with van der Waals surface area (Å²) in [5, 5.41) is 10.6. The van der Waals surface area contributed by atoms with Gasteiger partial charge in [0, 0.05) is 25.7 Å². The fourth-order valence-electron chi connectivity index (χ4n) is 12.0. The van der Waals surface area contributed by atoms with Crippen LogP contribution in [-0.4, -0.2) is 96.7 Å². The zero-order chi connectivity index (χ0) is 72.4. The fraction of sp³-hybridized carbons (Fsp3) is 0.949. The zero-order valence-corrected chi connectivity index (χ0v) is 66.2. The lowest BCUT2D eigenvalue weighted by Crippen LogP contribution is -2.30. The zero-order valence-electron chi connectivity index (χ0n) is 64.4. The monoisotopic (exact) mass is 1440 g/mol. The first-order valence-corrected chi connectivity index (χ1v) is 43.8. The second-order valence-electron chi connectivity index (χ2n) is 29.9. The molecule has 0 rings (SSSR count). The van der Waals surface area contributed by atoms with Gasteiger partial charge in [-0.15, -0.1) is 0 Å². The highest BCUT2D eigenvalue weighted by Crippen LogP contribution is 2.45.